The molecule has 0 saturated carbocycles. The first-order valence-corrected chi connectivity index (χ1v) is 10.4. The topological polar surface area (TPSA) is 75.0 Å². The SMILES string of the molecule is CCN(CC)C(=O)Nc1ccc2c(C)c(CCN3CCOCC3)c(=O)oc2c1C. The van der Waals surface area contributed by atoms with Gasteiger partial charge in [0.25, 0.3) is 0 Å². The van der Waals surface area contributed by atoms with Gasteiger partial charge < -0.3 is 19.4 Å². The Morgan fingerprint density at radius 3 is 2.48 bits per heavy atom. The fourth-order valence-electron chi connectivity index (χ4n) is 3.81. The smallest absolute Gasteiger partial charge is 0.339 e. The van der Waals surface area contributed by atoms with Crippen LogP contribution in [0.5, 0.6) is 0 Å². The van der Waals surface area contributed by atoms with E-state index in [1.54, 1.807) is 4.90 Å². The quantitative estimate of drug-likeness (QED) is 0.753. The van der Waals surface area contributed by atoms with E-state index in [1.807, 2.05) is 39.8 Å². The maximum atomic E-state index is 12.7. The number of hydrogen-bond donors (Lipinski definition) is 1. The highest BCUT2D eigenvalue weighted by molar-refractivity contribution is 5.95. The lowest BCUT2D eigenvalue weighted by Crippen LogP contribution is -2.38. The summed E-state index contributed by atoms with van der Waals surface area (Å²) in [4.78, 5) is 29.1. The molecular formula is C22H31N3O4. The van der Waals surface area contributed by atoms with E-state index in [9.17, 15) is 9.59 Å². The van der Waals surface area contributed by atoms with Gasteiger partial charge in [-0.25, -0.2) is 9.59 Å². The van der Waals surface area contributed by atoms with Crippen LogP contribution in [-0.2, 0) is 11.2 Å². The number of fused-ring (bicyclic) bond motifs is 1. The summed E-state index contributed by atoms with van der Waals surface area (Å²) in [7, 11) is 0. The van der Waals surface area contributed by atoms with E-state index in [0.717, 1.165) is 54.9 Å². The second-order valence-electron chi connectivity index (χ2n) is 7.41. The van der Waals surface area contributed by atoms with Crippen molar-refractivity contribution in [3.63, 3.8) is 0 Å². The number of anilines is 1. The molecule has 0 bridgehead atoms. The Morgan fingerprint density at radius 1 is 1.14 bits per heavy atom. The third-order valence-electron chi connectivity index (χ3n) is 5.78. The third-order valence-corrected chi connectivity index (χ3v) is 5.78. The van der Waals surface area contributed by atoms with E-state index >= 15 is 0 Å². The van der Waals surface area contributed by atoms with Crippen molar-refractivity contribution in [1.29, 1.82) is 0 Å². The van der Waals surface area contributed by atoms with Gasteiger partial charge in [0, 0.05) is 54.9 Å². The molecule has 1 saturated heterocycles. The van der Waals surface area contributed by atoms with Crippen LogP contribution in [0.3, 0.4) is 0 Å². The summed E-state index contributed by atoms with van der Waals surface area (Å²) in [5, 5.41) is 3.85. The van der Waals surface area contributed by atoms with Crippen molar-refractivity contribution in [2.45, 2.75) is 34.1 Å². The number of ether oxygens (including phenoxy) is 1. The number of benzene rings is 1. The Balaban J connectivity index is 1.87. The highest BCUT2D eigenvalue weighted by atomic mass is 16.5. The van der Waals surface area contributed by atoms with E-state index in [0.29, 0.717) is 30.8 Å². The van der Waals surface area contributed by atoms with Crippen molar-refractivity contribution in [3.05, 3.63) is 39.2 Å². The number of rotatable bonds is 6. The van der Waals surface area contributed by atoms with Crippen LogP contribution >= 0.6 is 0 Å². The largest absolute Gasteiger partial charge is 0.422 e. The standard InChI is InChI=1S/C22H31N3O4/c1-5-25(6-2)22(27)23-19-8-7-17-15(3)18(21(26)29-20(17)16(19)4)9-10-24-11-13-28-14-12-24/h7-8H,5-6,9-14H2,1-4H3,(H,23,27). The van der Waals surface area contributed by atoms with Crippen LogP contribution in [0.4, 0.5) is 10.5 Å². The molecule has 0 spiro atoms. The molecule has 7 heteroatoms. The molecular weight excluding hydrogens is 370 g/mol. The Bertz CT molecular complexity index is 928. The molecule has 1 aromatic heterocycles. The molecule has 1 aliphatic rings. The van der Waals surface area contributed by atoms with E-state index < -0.39 is 0 Å². The van der Waals surface area contributed by atoms with Gasteiger partial charge in [0.15, 0.2) is 0 Å². The summed E-state index contributed by atoms with van der Waals surface area (Å²) in [5.41, 5.74) is 3.36. The molecule has 1 N–H and O–H groups in total. The first kappa shape index (κ1) is 21.3. The first-order valence-electron chi connectivity index (χ1n) is 10.4. The second-order valence-corrected chi connectivity index (χ2v) is 7.41. The first-order chi connectivity index (χ1) is 14.0. The molecule has 3 rings (SSSR count). The summed E-state index contributed by atoms with van der Waals surface area (Å²) < 4.78 is 11.1. The number of nitrogens with zero attached hydrogens (tertiary/aromatic N) is 2. The monoisotopic (exact) mass is 401 g/mol. The Morgan fingerprint density at radius 2 is 1.83 bits per heavy atom. The maximum absolute atomic E-state index is 12.7. The van der Waals surface area contributed by atoms with Crippen LogP contribution in [0, 0.1) is 13.8 Å². The lowest BCUT2D eigenvalue weighted by Gasteiger charge is -2.26. The molecule has 1 fully saturated rings. The average molecular weight is 402 g/mol. The Hall–Kier alpha value is -2.38. The van der Waals surface area contributed by atoms with Gasteiger partial charge in [-0.15, -0.1) is 0 Å². The van der Waals surface area contributed by atoms with E-state index in [4.69, 9.17) is 9.15 Å². The van der Waals surface area contributed by atoms with Crippen molar-refractivity contribution in [3.8, 4) is 0 Å². The minimum atomic E-state index is -0.293. The number of carbonyl (C=O) groups is 1. The lowest BCUT2D eigenvalue weighted by atomic mass is 10.0. The van der Waals surface area contributed by atoms with Crippen LogP contribution in [0.2, 0.25) is 0 Å². The minimum Gasteiger partial charge on any atom is -0.422 e. The van der Waals surface area contributed by atoms with Gasteiger partial charge in [0.1, 0.15) is 5.58 Å². The van der Waals surface area contributed by atoms with Gasteiger partial charge in [-0.1, -0.05) is 0 Å². The van der Waals surface area contributed by atoms with Gasteiger partial charge >= 0.3 is 11.7 Å². The molecule has 158 valence electrons. The molecule has 2 heterocycles. The average Bonchev–Trinajstić information content (AvgIpc) is 2.72. The summed E-state index contributed by atoms with van der Waals surface area (Å²) in [5.74, 6) is 0. The number of morpholine rings is 1. The number of aryl methyl sites for hydroxylation is 2. The number of carbonyl (C=O) groups excluding carboxylic acids is 1. The van der Waals surface area contributed by atoms with Crippen molar-refractivity contribution in [1.82, 2.24) is 9.80 Å². The van der Waals surface area contributed by atoms with E-state index in [1.165, 1.54) is 0 Å². The van der Waals surface area contributed by atoms with Gasteiger partial charge in [-0.2, -0.15) is 0 Å². The minimum absolute atomic E-state index is 0.154. The van der Waals surface area contributed by atoms with Crippen LogP contribution in [0.15, 0.2) is 21.3 Å². The zero-order chi connectivity index (χ0) is 21.0. The second kappa shape index (κ2) is 9.41. The summed E-state index contributed by atoms with van der Waals surface area (Å²) in [6.45, 7) is 13.1. The van der Waals surface area contributed by atoms with Gasteiger partial charge in [-0.05, 0) is 51.8 Å². The highest BCUT2D eigenvalue weighted by Crippen LogP contribution is 2.28. The normalized spacial score (nSPS) is 14.9. The summed E-state index contributed by atoms with van der Waals surface area (Å²) in [6.07, 6.45) is 0.656. The Labute approximate surface area is 171 Å². The van der Waals surface area contributed by atoms with Gasteiger partial charge in [0.2, 0.25) is 0 Å². The van der Waals surface area contributed by atoms with E-state index in [-0.39, 0.29) is 11.7 Å². The van der Waals surface area contributed by atoms with Crippen LogP contribution in [-0.4, -0.2) is 61.8 Å². The van der Waals surface area contributed by atoms with Crippen molar-refractivity contribution in [2.75, 3.05) is 51.3 Å². The third kappa shape index (κ3) is 4.62. The molecule has 1 aliphatic heterocycles. The molecule has 0 aliphatic carbocycles. The molecule has 29 heavy (non-hydrogen) atoms. The molecule has 2 aromatic rings. The van der Waals surface area contributed by atoms with Gasteiger partial charge in [-0.3, -0.25) is 4.90 Å². The molecule has 0 unspecified atom stereocenters. The van der Waals surface area contributed by atoms with Crippen LogP contribution < -0.4 is 10.9 Å². The number of hydrogen-bond acceptors (Lipinski definition) is 5. The summed E-state index contributed by atoms with van der Waals surface area (Å²) in [6, 6.07) is 3.66. The molecule has 1 aromatic carbocycles. The Kier molecular flexibility index (Phi) is 6.92. The van der Waals surface area contributed by atoms with Gasteiger partial charge in [0.05, 0.1) is 13.2 Å². The molecule has 0 radical (unpaired) electrons. The predicted octanol–water partition coefficient (Wildman–Crippen LogP) is 3.16. The zero-order valence-corrected chi connectivity index (χ0v) is 17.8. The molecule has 0 atom stereocenters. The van der Waals surface area contributed by atoms with Crippen molar-refractivity contribution < 1.29 is 13.9 Å². The lowest BCUT2D eigenvalue weighted by molar-refractivity contribution is 0.0383. The van der Waals surface area contributed by atoms with Crippen molar-refractivity contribution in [2.24, 2.45) is 0 Å². The van der Waals surface area contributed by atoms with E-state index in [2.05, 4.69) is 10.2 Å². The molecule has 2 amide bonds. The predicted molar refractivity (Wildman–Crippen MR) is 115 cm³/mol. The number of amides is 2. The molecule has 7 nitrogen and oxygen atoms in total. The number of nitrogens with one attached hydrogen (secondary N) is 1. The van der Waals surface area contributed by atoms with Crippen molar-refractivity contribution >= 4 is 22.7 Å². The van der Waals surface area contributed by atoms with Crippen LogP contribution in [0.25, 0.3) is 11.0 Å². The summed E-state index contributed by atoms with van der Waals surface area (Å²) >= 11 is 0. The number of urea groups is 1. The maximum Gasteiger partial charge on any atom is 0.339 e. The zero-order valence-electron chi connectivity index (χ0n) is 17.8. The fourth-order valence-corrected chi connectivity index (χ4v) is 3.81. The highest BCUT2D eigenvalue weighted by Gasteiger charge is 2.18. The fraction of sp³-hybridized carbons (Fsp3) is 0.545. The van der Waals surface area contributed by atoms with Crippen LogP contribution in [0.1, 0.15) is 30.5 Å².